The van der Waals surface area contributed by atoms with Crippen molar-refractivity contribution >= 4 is 29.1 Å². The summed E-state index contributed by atoms with van der Waals surface area (Å²) in [4.78, 5) is 22.7. The Morgan fingerprint density at radius 3 is 2.80 bits per heavy atom. The third-order valence-corrected chi connectivity index (χ3v) is 3.70. The molecule has 1 fully saturated rings. The largest absolute Gasteiger partial charge is 0.469 e. The average Bonchev–Trinajstić information content (AvgIpc) is 2.79. The van der Waals surface area contributed by atoms with Crippen LogP contribution in [0.1, 0.15) is 18.3 Å². The van der Waals surface area contributed by atoms with Gasteiger partial charge in [-0.25, -0.2) is 9.97 Å². The fourth-order valence-electron chi connectivity index (χ4n) is 2.41. The van der Waals surface area contributed by atoms with Gasteiger partial charge in [0, 0.05) is 18.8 Å². The summed E-state index contributed by atoms with van der Waals surface area (Å²) in [6.45, 7) is 5.14. The Hall–Kier alpha value is -1.76. The lowest BCUT2D eigenvalue weighted by Crippen LogP contribution is -2.26. The van der Waals surface area contributed by atoms with Crippen LogP contribution in [0.25, 0.3) is 0 Å². The Kier molecular flexibility index (Phi) is 4.17. The van der Waals surface area contributed by atoms with Crippen molar-refractivity contribution in [1.29, 1.82) is 0 Å². The van der Waals surface area contributed by atoms with Gasteiger partial charge in [0.05, 0.1) is 13.0 Å². The highest BCUT2D eigenvalue weighted by Gasteiger charge is 2.36. The number of hydrogen-bond acceptors (Lipinski definition) is 6. The zero-order valence-electron chi connectivity index (χ0n) is 11.8. The first kappa shape index (κ1) is 14.6. The number of carbonyl (C=O) groups is 1. The van der Waals surface area contributed by atoms with E-state index in [1.807, 2.05) is 18.7 Å². The van der Waals surface area contributed by atoms with E-state index in [2.05, 4.69) is 9.97 Å². The number of hydrogen-bond donors (Lipinski definition) is 1. The van der Waals surface area contributed by atoms with Crippen molar-refractivity contribution in [3.05, 3.63) is 17.5 Å². The summed E-state index contributed by atoms with van der Waals surface area (Å²) in [7, 11) is 1.41. The van der Waals surface area contributed by atoms with Crippen molar-refractivity contribution in [2.75, 3.05) is 25.1 Å². The molecule has 0 spiro atoms. The van der Waals surface area contributed by atoms with E-state index in [0.29, 0.717) is 24.7 Å². The van der Waals surface area contributed by atoms with Crippen LogP contribution in [0.2, 0.25) is 0 Å². The van der Waals surface area contributed by atoms with Crippen LogP contribution in [0.4, 0.5) is 5.95 Å². The maximum Gasteiger partial charge on any atom is 0.310 e. The normalized spacial score (nSPS) is 21.9. The molecule has 2 rings (SSSR count). The van der Waals surface area contributed by atoms with Gasteiger partial charge in [-0.1, -0.05) is 19.1 Å². The molecule has 1 aliphatic rings. The molecule has 2 N–H and O–H groups in total. The zero-order chi connectivity index (χ0) is 14.9. The third kappa shape index (κ3) is 2.87. The summed E-state index contributed by atoms with van der Waals surface area (Å²) < 4.78 is 4.83. The molecule has 0 amide bonds. The van der Waals surface area contributed by atoms with Crippen LogP contribution in [-0.2, 0) is 9.53 Å². The summed E-state index contributed by atoms with van der Waals surface area (Å²) in [5, 5.41) is 0. The first-order valence-corrected chi connectivity index (χ1v) is 6.81. The van der Waals surface area contributed by atoms with E-state index >= 15 is 0 Å². The highest BCUT2D eigenvalue weighted by molar-refractivity contribution is 7.80. The SMILES string of the molecule is COC(=O)C1CN(c2nc(C)cc(C(N)=S)n2)CC1C. The van der Waals surface area contributed by atoms with E-state index in [1.54, 1.807) is 6.07 Å². The first-order chi connectivity index (χ1) is 9.42. The summed E-state index contributed by atoms with van der Waals surface area (Å²) in [6, 6.07) is 1.75. The number of thiocarbonyl (C=S) groups is 1. The van der Waals surface area contributed by atoms with Gasteiger partial charge in [0.15, 0.2) is 0 Å². The molecular formula is C13H18N4O2S. The Morgan fingerprint density at radius 1 is 1.50 bits per heavy atom. The van der Waals surface area contributed by atoms with E-state index in [4.69, 9.17) is 22.7 Å². The maximum atomic E-state index is 11.7. The number of methoxy groups -OCH3 is 1. The fourth-order valence-corrected chi connectivity index (χ4v) is 2.51. The van der Waals surface area contributed by atoms with Crippen LogP contribution in [0, 0.1) is 18.8 Å². The summed E-state index contributed by atoms with van der Waals surface area (Å²) in [5.74, 6) is 0.408. The minimum absolute atomic E-state index is 0.155. The summed E-state index contributed by atoms with van der Waals surface area (Å²) in [6.07, 6.45) is 0. The number of aromatic nitrogens is 2. The number of carbonyl (C=O) groups excluding carboxylic acids is 1. The number of nitrogens with zero attached hydrogens (tertiary/aromatic N) is 3. The van der Waals surface area contributed by atoms with Crippen molar-refractivity contribution in [3.63, 3.8) is 0 Å². The van der Waals surface area contributed by atoms with Crippen LogP contribution < -0.4 is 10.6 Å². The van der Waals surface area contributed by atoms with Gasteiger partial charge in [-0.2, -0.15) is 0 Å². The Labute approximate surface area is 123 Å². The minimum Gasteiger partial charge on any atom is -0.469 e. The van der Waals surface area contributed by atoms with Gasteiger partial charge < -0.3 is 15.4 Å². The van der Waals surface area contributed by atoms with Crippen molar-refractivity contribution in [2.24, 2.45) is 17.6 Å². The molecule has 0 bridgehead atoms. The average molecular weight is 294 g/mol. The van der Waals surface area contributed by atoms with E-state index in [-0.39, 0.29) is 22.8 Å². The van der Waals surface area contributed by atoms with Gasteiger partial charge in [0.1, 0.15) is 10.7 Å². The molecule has 2 atom stereocenters. The molecule has 1 aromatic rings. The van der Waals surface area contributed by atoms with Gasteiger partial charge in [-0.3, -0.25) is 4.79 Å². The third-order valence-electron chi connectivity index (χ3n) is 3.49. The number of aryl methyl sites for hydroxylation is 1. The number of esters is 1. The molecular weight excluding hydrogens is 276 g/mol. The second-order valence-electron chi connectivity index (χ2n) is 5.07. The Morgan fingerprint density at radius 2 is 2.20 bits per heavy atom. The van der Waals surface area contributed by atoms with E-state index in [9.17, 15) is 4.79 Å². The summed E-state index contributed by atoms with van der Waals surface area (Å²) >= 11 is 4.96. The highest BCUT2D eigenvalue weighted by Crippen LogP contribution is 2.27. The van der Waals surface area contributed by atoms with Gasteiger partial charge >= 0.3 is 5.97 Å². The number of ether oxygens (including phenoxy) is 1. The smallest absolute Gasteiger partial charge is 0.310 e. The fraction of sp³-hybridized carbons (Fsp3) is 0.538. The van der Waals surface area contributed by atoms with Crippen molar-refractivity contribution < 1.29 is 9.53 Å². The van der Waals surface area contributed by atoms with Gasteiger partial charge in [-0.05, 0) is 18.9 Å². The van der Waals surface area contributed by atoms with Crippen molar-refractivity contribution in [3.8, 4) is 0 Å². The quantitative estimate of drug-likeness (QED) is 0.648. The second kappa shape index (κ2) is 5.70. The second-order valence-corrected chi connectivity index (χ2v) is 5.51. The minimum atomic E-state index is -0.192. The lowest BCUT2D eigenvalue weighted by molar-refractivity contribution is -0.145. The molecule has 0 aromatic carbocycles. The number of rotatable bonds is 3. The molecule has 1 aromatic heterocycles. The molecule has 1 aliphatic heterocycles. The topological polar surface area (TPSA) is 81.3 Å². The Bertz CT molecular complexity index is 549. The van der Waals surface area contributed by atoms with Gasteiger partial charge in [0.25, 0.3) is 0 Å². The molecule has 1 saturated heterocycles. The van der Waals surface area contributed by atoms with E-state index < -0.39 is 0 Å². The molecule has 0 radical (unpaired) electrons. The van der Waals surface area contributed by atoms with Crippen molar-refractivity contribution in [1.82, 2.24) is 9.97 Å². The first-order valence-electron chi connectivity index (χ1n) is 6.40. The van der Waals surface area contributed by atoms with Crippen LogP contribution >= 0.6 is 12.2 Å². The number of anilines is 1. The predicted molar refractivity (Wildman–Crippen MR) is 79.5 cm³/mol. The molecule has 6 nitrogen and oxygen atoms in total. The molecule has 108 valence electrons. The summed E-state index contributed by atoms with van der Waals surface area (Å²) in [5.41, 5.74) is 6.97. The lowest BCUT2D eigenvalue weighted by atomic mass is 9.99. The molecule has 2 heterocycles. The number of nitrogens with two attached hydrogens (primary N) is 1. The standard InChI is InChI=1S/C13H18N4O2S/c1-7-5-17(6-9(7)12(18)19-3)13-15-8(2)4-10(16-13)11(14)20/h4,7,9H,5-6H2,1-3H3,(H2,14,20). The van der Waals surface area contributed by atoms with Gasteiger partial charge in [0.2, 0.25) is 5.95 Å². The van der Waals surface area contributed by atoms with E-state index in [0.717, 1.165) is 5.69 Å². The lowest BCUT2D eigenvalue weighted by Gasteiger charge is -2.17. The van der Waals surface area contributed by atoms with Crippen LogP contribution in [0.3, 0.4) is 0 Å². The van der Waals surface area contributed by atoms with Crippen LogP contribution in [0.15, 0.2) is 6.07 Å². The highest BCUT2D eigenvalue weighted by atomic mass is 32.1. The zero-order valence-corrected chi connectivity index (χ0v) is 12.6. The molecule has 7 heteroatoms. The molecule has 20 heavy (non-hydrogen) atoms. The maximum absolute atomic E-state index is 11.7. The van der Waals surface area contributed by atoms with Crippen molar-refractivity contribution in [2.45, 2.75) is 13.8 Å². The monoisotopic (exact) mass is 294 g/mol. The predicted octanol–water partition coefficient (Wildman–Crippen LogP) is 0.665. The van der Waals surface area contributed by atoms with E-state index in [1.165, 1.54) is 7.11 Å². The molecule has 2 unspecified atom stereocenters. The van der Waals surface area contributed by atoms with Crippen LogP contribution in [0.5, 0.6) is 0 Å². The van der Waals surface area contributed by atoms with Gasteiger partial charge in [-0.15, -0.1) is 0 Å². The molecule has 0 aliphatic carbocycles. The Balaban J connectivity index is 2.25. The molecule has 0 saturated carbocycles. The van der Waals surface area contributed by atoms with Crippen LogP contribution in [-0.4, -0.2) is 41.1 Å².